The lowest BCUT2D eigenvalue weighted by atomic mass is 10.1. The molecule has 3 heterocycles. The maximum atomic E-state index is 12.8. The average Bonchev–Trinajstić information content (AvgIpc) is 3.09. The Morgan fingerprint density at radius 1 is 1.28 bits per heavy atom. The molecular weight excluding hydrogens is 388 g/mol. The van der Waals surface area contributed by atoms with E-state index in [-0.39, 0.29) is 18.4 Å². The second-order valence-electron chi connectivity index (χ2n) is 6.19. The highest BCUT2D eigenvalue weighted by Crippen LogP contribution is 2.20. The van der Waals surface area contributed by atoms with Crippen molar-refractivity contribution in [2.75, 3.05) is 18.4 Å². The van der Waals surface area contributed by atoms with E-state index in [9.17, 15) is 9.59 Å². The number of anilines is 1. The third-order valence-electron chi connectivity index (χ3n) is 4.25. The minimum absolute atomic E-state index is 0.0681. The van der Waals surface area contributed by atoms with Crippen molar-refractivity contribution in [3.8, 4) is 0 Å². The molecule has 2 aromatic heterocycles. The Hall–Kier alpha value is -2.16. The Bertz CT molecular complexity index is 771. The van der Waals surface area contributed by atoms with E-state index in [2.05, 4.69) is 31.4 Å². The zero-order valence-corrected chi connectivity index (χ0v) is 15.9. The predicted octanol–water partition coefficient (Wildman–Crippen LogP) is 1.95. The summed E-state index contributed by atoms with van der Waals surface area (Å²) in [5.41, 5.74) is 1.66. The van der Waals surface area contributed by atoms with E-state index in [0.717, 1.165) is 42.5 Å². The second kappa shape index (κ2) is 7.38. The van der Waals surface area contributed by atoms with Gasteiger partial charge in [0.1, 0.15) is 12.2 Å². The maximum Gasteiger partial charge on any atom is 0.274 e. The Kier molecular flexibility index (Phi) is 5.22. The highest BCUT2D eigenvalue weighted by molar-refractivity contribution is 9.10. The van der Waals surface area contributed by atoms with Crippen LogP contribution in [0.3, 0.4) is 0 Å². The quantitative estimate of drug-likeness (QED) is 0.837. The Balaban J connectivity index is 1.72. The molecule has 0 saturated carbocycles. The van der Waals surface area contributed by atoms with E-state index in [1.807, 2.05) is 11.8 Å². The number of carbonyl (C=O) groups excluding carboxylic acids is 2. The van der Waals surface area contributed by atoms with Crippen molar-refractivity contribution in [1.29, 1.82) is 0 Å². The molecule has 0 atom stereocenters. The van der Waals surface area contributed by atoms with Gasteiger partial charge in [-0.1, -0.05) is 0 Å². The molecule has 0 bridgehead atoms. The number of hydrogen-bond acceptors (Lipinski definition) is 4. The first-order valence-electron chi connectivity index (χ1n) is 8.26. The van der Waals surface area contributed by atoms with Gasteiger partial charge in [0.2, 0.25) is 5.91 Å². The number of nitrogens with one attached hydrogen (secondary N) is 1. The van der Waals surface area contributed by atoms with E-state index in [1.54, 1.807) is 17.9 Å². The van der Waals surface area contributed by atoms with Crippen LogP contribution in [-0.4, -0.2) is 49.4 Å². The number of rotatable bonds is 4. The van der Waals surface area contributed by atoms with Gasteiger partial charge < -0.3 is 10.2 Å². The third-order valence-corrected chi connectivity index (χ3v) is 5.03. The van der Waals surface area contributed by atoms with E-state index < -0.39 is 0 Å². The van der Waals surface area contributed by atoms with Crippen LogP contribution >= 0.6 is 15.9 Å². The molecule has 0 aromatic carbocycles. The van der Waals surface area contributed by atoms with E-state index in [0.29, 0.717) is 11.4 Å². The van der Waals surface area contributed by atoms with Crippen LogP contribution in [0.25, 0.3) is 0 Å². The fourth-order valence-electron chi connectivity index (χ4n) is 2.94. The van der Waals surface area contributed by atoms with Crippen molar-refractivity contribution in [1.82, 2.24) is 24.5 Å². The Morgan fingerprint density at radius 3 is 2.64 bits per heavy atom. The zero-order chi connectivity index (χ0) is 18.0. The van der Waals surface area contributed by atoms with Gasteiger partial charge in [0.15, 0.2) is 0 Å². The molecule has 0 aliphatic carbocycles. The van der Waals surface area contributed by atoms with Crippen molar-refractivity contribution < 1.29 is 9.59 Å². The molecule has 1 aliphatic rings. The number of halogens is 1. The van der Waals surface area contributed by atoms with Gasteiger partial charge in [0.25, 0.3) is 5.91 Å². The molecule has 2 amide bonds. The lowest BCUT2D eigenvalue weighted by Crippen LogP contribution is -2.37. The first-order valence-corrected chi connectivity index (χ1v) is 9.05. The summed E-state index contributed by atoms with van der Waals surface area (Å²) < 4.78 is 3.92. The molecule has 0 radical (unpaired) electrons. The minimum atomic E-state index is -0.254. The predicted molar refractivity (Wildman–Crippen MR) is 96.3 cm³/mol. The molecule has 0 unspecified atom stereocenters. The molecular formula is C16H21BrN6O2. The van der Waals surface area contributed by atoms with Crippen molar-refractivity contribution in [3.05, 3.63) is 28.3 Å². The van der Waals surface area contributed by atoms with Crippen molar-refractivity contribution in [2.24, 2.45) is 7.05 Å². The molecule has 2 aromatic rings. The molecule has 8 nitrogen and oxygen atoms in total. The van der Waals surface area contributed by atoms with Gasteiger partial charge in [-0.25, -0.2) is 0 Å². The molecule has 9 heteroatoms. The van der Waals surface area contributed by atoms with E-state index in [4.69, 9.17) is 0 Å². The van der Waals surface area contributed by atoms with Gasteiger partial charge in [0.05, 0.1) is 22.1 Å². The molecule has 0 spiro atoms. The number of amides is 2. The van der Waals surface area contributed by atoms with Gasteiger partial charge in [-0.15, -0.1) is 0 Å². The third kappa shape index (κ3) is 3.92. The van der Waals surface area contributed by atoms with Crippen LogP contribution in [0.1, 0.15) is 35.4 Å². The number of aryl methyl sites for hydroxylation is 2. The van der Waals surface area contributed by atoms with Crippen LogP contribution < -0.4 is 5.32 Å². The largest absolute Gasteiger partial charge is 0.337 e. The number of aromatic nitrogens is 4. The summed E-state index contributed by atoms with van der Waals surface area (Å²) in [7, 11) is 1.71. The number of nitrogens with zero attached hydrogens (tertiary/aromatic N) is 5. The van der Waals surface area contributed by atoms with Crippen molar-refractivity contribution in [3.63, 3.8) is 0 Å². The fourth-order valence-corrected chi connectivity index (χ4v) is 3.26. The van der Waals surface area contributed by atoms with Gasteiger partial charge in [-0.2, -0.15) is 10.2 Å². The lowest BCUT2D eigenvalue weighted by Gasteiger charge is -2.27. The summed E-state index contributed by atoms with van der Waals surface area (Å²) in [5, 5.41) is 11.2. The fraction of sp³-hybridized carbons (Fsp3) is 0.500. The summed E-state index contributed by atoms with van der Waals surface area (Å²) in [5.74, 6) is -0.344. The van der Waals surface area contributed by atoms with Gasteiger partial charge in [0, 0.05) is 26.3 Å². The molecule has 25 heavy (non-hydrogen) atoms. The van der Waals surface area contributed by atoms with Gasteiger partial charge in [-0.05, 0) is 42.1 Å². The molecule has 1 N–H and O–H groups in total. The van der Waals surface area contributed by atoms with Crippen LogP contribution in [0.5, 0.6) is 0 Å². The Morgan fingerprint density at radius 2 is 2.00 bits per heavy atom. The topological polar surface area (TPSA) is 85.0 Å². The van der Waals surface area contributed by atoms with Crippen LogP contribution in [0.2, 0.25) is 0 Å². The molecule has 1 fully saturated rings. The zero-order valence-electron chi connectivity index (χ0n) is 14.3. The normalized spacial score (nSPS) is 14.6. The number of carbonyl (C=O) groups is 2. The average molecular weight is 409 g/mol. The van der Waals surface area contributed by atoms with Crippen molar-refractivity contribution in [2.45, 2.75) is 32.7 Å². The highest BCUT2D eigenvalue weighted by atomic mass is 79.9. The Labute approximate surface area is 154 Å². The summed E-state index contributed by atoms with van der Waals surface area (Å²) in [4.78, 5) is 26.9. The first kappa shape index (κ1) is 17.7. The molecule has 1 saturated heterocycles. The first-order chi connectivity index (χ1) is 12.0. The van der Waals surface area contributed by atoms with Gasteiger partial charge >= 0.3 is 0 Å². The summed E-state index contributed by atoms with van der Waals surface area (Å²) in [6.07, 6.45) is 6.44. The van der Waals surface area contributed by atoms with E-state index in [1.165, 1.54) is 10.9 Å². The monoisotopic (exact) mass is 408 g/mol. The summed E-state index contributed by atoms with van der Waals surface area (Å²) >= 11 is 3.37. The van der Waals surface area contributed by atoms with Gasteiger partial charge in [-0.3, -0.25) is 19.0 Å². The van der Waals surface area contributed by atoms with Crippen molar-refractivity contribution >= 4 is 33.4 Å². The second-order valence-corrected chi connectivity index (χ2v) is 7.05. The van der Waals surface area contributed by atoms with Crippen LogP contribution in [0.4, 0.5) is 5.69 Å². The number of likely N-dealkylation sites (tertiary alicyclic amines) is 1. The number of hydrogen-bond donors (Lipinski definition) is 1. The molecule has 134 valence electrons. The maximum absolute atomic E-state index is 12.8. The molecule has 3 rings (SSSR count). The smallest absolute Gasteiger partial charge is 0.274 e. The van der Waals surface area contributed by atoms with Crippen LogP contribution in [-0.2, 0) is 18.4 Å². The SMILES string of the molecule is Cc1nn(CC(=O)Nc2cnn(C)c2C(=O)N2CCCCC2)cc1Br. The van der Waals surface area contributed by atoms with Crippen LogP contribution in [0.15, 0.2) is 16.9 Å². The minimum Gasteiger partial charge on any atom is -0.337 e. The summed E-state index contributed by atoms with van der Waals surface area (Å²) in [6.45, 7) is 3.42. The number of piperidine rings is 1. The van der Waals surface area contributed by atoms with Crippen LogP contribution in [0, 0.1) is 6.92 Å². The van der Waals surface area contributed by atoms with E-state index >= 15 is 0 Å². The standard InChI is InChI=1S/C16H21BrN6O2/c1-11-12(17)9-23(20-11)10-14(24)19-13-8-18-21(2)15(13)16(25)22-6-4-3-5-7-22/h8-9H,3-7,10H2,1-2H3,(H,19,24). The highest BCUT2D eigenvalue weighted by Gasteiger charge is 2.25. The summed E-state index contributed by atoms with van der Waals surface area (Å²) in [6, 6.07) is 0. The molecule has 1 aliphatic heterocycles. The lowest BCUT2D eigenvalue weighted by molar-refractivity contribution is -0.116.